The fourth-order valence-corrected chi connectivity index (χ4v) is 1.78. The predicted octanol–water partition coefficient (Wildman–Crippen LogP) is 1.31. The number of aromatic nitrogens is 2. The molecule has 0 aliphatic rings. The lowest BCUT2D eigenvalue weighted by Gasteiger charge is -2.27. The molecule has 0 aliphatic heterocycles. The summed E-state index contributed by atoms with van der Waals surface area (Å²) in [6.07, 6.45) is 1.80. The lowest BCUT2D eigenvalue weighted by atomic mass is 9.90. The lowest BCUT2D eigenvalue weighted by Crippen LogP contribution is -2.43. The minimum Gasteiger partial charge on any atom is -0.334 e. The molecule has 0 amide bonds. The van der Waals surface area contributed by atoms with Crippen LogP contribution in [0.1, 0.15) is 25.5 Å². The molecule has 2 aromatic rings. The van der Waals surface area contributed by atoms with Gasteiger partial charge >= 0.3 is 0 Å². The third kappa shape index (κ3) is 1.81. The number of hydrogen-bond acceptors (Lipinski definition) is 3. The highest BCUT2D eigenvalue weighted by Crippen LogP contribution is 2.23. The smallest absolute Gasteiger partial charge is 0.0955 e. The molecule has 1 unspecified atom stereocenters. The fraction of sp³-hybridized carbons (Fsp3) is 0.417. The van der Waals surface area contributed by atoms with Crippen molar-refractivity contribution in [2.24, 2.45) is 18.5 Å². The van der Waals surface area contributed by atoms with Gasteiger partial charge in [0.05, 0.1) is 17.4 Å². The largest absolute Gasteiger partial charge is 0.334 e. The van der Waals surface area contributed by atoms with Crippen molar-refractivity contribution < 1.29 is 0 Å². The van der Waals surface area contributed by atoms with Crippen LogP contribution in [-0.2, 0) is 7.05 Å². The normalized spacial score (nSPS) is 14.3. The molecule has 0 bridgehead atoms. The zero-order valence-corrected chi connectivity index (χ0v) is 9.94. The summed E-state index contributed by atoms with van der Waals surface area (Å²) in [4.78, 5) is 4.31. The highest BCUT2D eigenvalue weighted by atomic mass is 15.0. The Bertz CT molecular complexity index is 507. The maximum absolute atomic E-state index is 6.11. The van der Waals surface area contributed by atoms with Crippen LogP contribution in [0, 0.1) is 0 Å². The molecular weight excluding hydrogens is 200 g/mol. The summed E-state index contributed by atoms with van der Waals surface area (Å²) in [7, 11) is 1.97. The van der Waals surface area contributed by atoms with Gasteiger partial charge in [-0.3, -0.25) is 0 Å². The molecule has 4 nitrogen and oxygen atoms in total. The van der Waals surface area contributed by atoms with Crippen LogP contribution >= 0.6 is 0 Å². The number of rotatable bonds is 2. The third-order valence-electron chi connectivity index (χ3n) is 2.91. The second-order valence-corrected chi connectivity index (χ2v) is 4.90. The van der Waals surface area contributed by atoms with Crippen molar-refractivity contribution in [1.82, 2.24) is 9.55 Å². The van der Waals surface area contributed by atoms with Crippen molar-refractivity contribution in [3.63, 3.8) is 0 Å². The number of fused-ring (bicyclic) bond motifs is 1. The van der Waals surface area contributed by atoms with Crippen LogP contribution in [0.15, 0.2) is 24.5 Å². The number of benzene rings is 1. The summed E-state index contributed by atoms with van der Waals surface area (Å²) in [5.74, 6) is 0. The molecule has 2 rings (SSSR count). The van der Waals surface area contributed by atoms with Gasteiger partial charge in [-0.15, -0.1) is 0 Å². The molecule has 0 radical (unpaired) electrons. The van der Waals surface area contributed by atoms with Crippen molar-refractivity contribution in [3.05, 3.63) is 30.1 Å². The zero-order chi connectivity index (χ0) is 11.9. The maximum atomic E-state index is 6.11. The first-order valence-corrected chi connectivity index (χ1v) is 5.35. The van der Waals surface area contributed by atoms with Gasteiger partial charge in [-0.2, -0.15) is 0 Å². The highest BCUT2D eigenvalue weighted by molar-refractivity contribution is 5.76. The summed E-state index contributed by atoms with van der Waals surface area (Å²) >= 11 is 0. The Hall–Kier alpha value is -1.39. The van der Waals surface area contributed by atoms with Crippen molar-refractivity contribution in [3.8, 4) is 0 Å². The van der Waals surface area contributed by atoms with Gasteiger partial charge < -0.3 is 16.0 Å². The first-order valence-electron chi connectivity index (χ1n) is 5.35. The Kier molecular flexibility index (Phi) is 2.48. The van der Waals surface area contributed by atoms with E-state index in [0.29, 0.717) is 0 Å². The second-order valence-electron chi connectivity index (χ2n) is 4.90. The highest BCUT2D eigenvalue weighted by Gasteiger charge is 2.23. The Balaban J connectivity index is 2.47. The molecule has 1 aromatic heterocycles. The molecule has 1 aromatic carbocycles. The average molecular weight is 218 g/mol. The van der Waals surface area contributed by atoms with Gasteiger partial charge in [-0.1, -0.05) is 6.07 Å². The quantitative estimate of drug-likeness (QED) is 0.798. The Morgan fingerprint density at radius 3 is 2.69 bits per heavy atom. The Morgan fingerprint density at radius 2 is 2.06 bits per heavy atom. The van der Waals surface area contributed by atoms with E-state index in [2.05, 4.69) is 4.98 Å². The van der Waals surface area contributed by atoms with Crippen LogP contribution in [0.5, 0.6) is 0 Å². The molecule has 0 fully saturated rings. The van der Waals surface area contributed by atoms with Gasteiger partial charge in [0.25, 0.3) is 0 Å². The summed E-state index contributed by atoms with van der Waals surface area (Å²) < 4.78 is 1.98. The van der Waals surface area contributed by atoms with Crippen molar-refractivity contribution in [2.45, 2.75) is 25.4 Å². The molecule has 0 saturated heterocycles. The van der Waals surface area contributed by atoms with Crippen LogP contribution in [0.4, 0.5) is 0 Å². The molecule has 86 valence electrons. The van der Waals surface area contributed by atoms with E-state index < -0.39 is 5.54 Å². The van der Waals surface area contributed by atoms with E-state index in [9.17, 15) is 0 Å². The lowest BCUT2D eigenvalue weighted by molar-refractivity contribution is 0.420. The van der Waals surface area contributed by atoms with Crippen LogP contribution in [0.3, 0.4) is 0 Å². The number of imidazole rings is 1. The van der Waals surface area contributed by atoms with E-state index in [1.807, 2.05) is 43.7 Å². The van der Waals surface area contributed by atoms with Crippen molar-refractivity contribution in [2.75, 3.05) is 0 Å². The third-order valence-corrected chi connectivity index (χ3v) is 2.91. The molecule has 1 heterocycles. The average Bonchev–Trinajstić information content (AvgIpc) is 2.57. The molecule has 16 heavy (non-hydrogen) atoms. The first-order chi connectivity index (χ1) is 7.39. The second kappa shape index (κ2) is 3.57. The van der Waals surface area contributed by atoms with Gasteiger partial charge in [0, 0.05) is 18.6 Å². The van der Waals surface area contributed by atoms with Crippen LogP contribution in [0.2, 0.25) is 0 Å². The number of hydrogen-bond donors (Lipinski definition) is 2. The first kappa shape index (κ1) is 11.1. The topological polar surface area (TPSA) is 69.9 Å². The van der Waals surface area contributed by atoms with E-state index in [1.165, 1.54) is 0 Å². The van der Waals surface area contributed by atoms with E-state index in [1.54, 1.807) is 6.33 Å². The molecule has 0 aliphatic carbocycles. The SMILES string of the molecule is Cn1cnc2cc(C(N)C(C)(C)N)ccc21. The van der Waals surface area contributed by atoms with Crippen LogP contribution < -0.4 is 11.5 Å². The number of nitrogens with zero attached hydrogens (tertiary/aromatic N) is 2. The Morgan fingerprint density at radius 1 is 1.38 bits per heavy atom. The van der Waals surface area contributed by atoms with Crippen molar-refractivity contribution in [1.29, 1.82) is 0 Å². The van der Waals surface area contributed by atoms with Crippen molar-refractivity contribution >= 4 is 11.0 Å². The van der Waals surface area contributed by atoms with E-state index >= 15 is 0 Å². The van der Waals surface area contributed by atoms with Gasteiger partial charge in [0.15, 0.2) is 0 Å². The van der Waals surface area contributed by atoms with Gasteiger partial charge in [-0.05, 0) is 31.5 Å². The zero-order valence-electron chi connectivity index (χ0n) is 9.94. The molecule has 4 N–H and O–H groups in total. The molecule has 0 spiro atoms. The molecule has 4 heteroatoms. The molecule has 0 saturated carbocycles. The number of nitrogens with two attached hydrogens (primary N) is 2. The van der Waals surface area contributed by atoms with Gasteiger partial charge in [-0.25, -0.2) is 4.98 Å². The number of aryl methyl sites for hydroxylation is 1. The summed E-state index contributed by atoms with van der Waals surface area (Å²) in [5.41, 5.74) is 14.8. The minimum absolute atomic E-state index is 0.182. The maximum Gasteiger partial charge on any atom is 0.0955 e. The summed E-state index contributed by atoms with van der Waals surface area (Å²) in [6.45, 7) is 3.86. The molecular formula is C12H18N4. The summed E-state index contributed by atoms with van der Waals surface area (Å²) in [6, 6.07) is 5.88. The van der Waals surface area contributed by atoms with Crippen LogP contribution in [-0.4, -0.2) is 15.1 Å². The predicted molar refractivity (Wildman–Crippen MR) is 65.9 cm³/mol. The van der Waals surface area contributed by atoms with Crippen LogP contribution in [0.25, 0.3) is 11.0 Å². The van der Waals surface area contributed by atoms with E-state index in [0.717, 1.165) is 16.6 Å². The monoisotopic (exact) mass is 218 g/mol. The standard InChI is InChI=1S/C12H18N4/c1-12(2,14)11(13)8-4-5-10-9(6-8)15-7-16(10)3/h4-7,11H,13-14H2,1-3H3. The van der Waals surface area contributed by atoms with E-state index in [4.69, 9.17) is 11.5 Å². The van der Waals surface area contributed by atoms with E-state index in [-0.39, 0.29) is 6.04 Å². The van der Waals surface area contributed by atoms with Gasteiger partial charge in [0.1, 0.15) is 0 Å². The fourth-order valence-electron chi connectivity index (χ4n) is 1.78. The van der Waals surface area contributed by atoms with Gasteiger partial charge in [0.2, 0.25) is 0 Å². The summed E-state index contributed by atoms with van der Waals surface area (Å²) in [5, 5.41) is 0. The minimum atomic E-state index is -0.428. The molecule has 1 atom stereocenters. The Labute approximate surface area is 95.3 Å².